The Kier molecular flexibility index (Phi) is 4.99. The second-order valence-electron chi connectivity index (χ2n) is 3.17. The average molecular weight is 274 g/mol. The van der Waals surface area contributed by atoms with Crippen LogP contribution in [-0.4, -0.2) is 12.8 Å². The molecule has 1 atom stereocenters. The first-order valence-electron chi connectivity index (χ1n) is 4.75. The van der Waals surface area contributed by atoms with Gasteiger partial charge in [-0.1, -0.05) is 28.9 Å². The van der Waals surface area contributed by atoms with Gasteiger partial charge in [0.1, 0.15) is 0 Å². The van der Waals surface area contributed by atoms with Gasteiger partial charge in [0.2, 0.25) is 0 Å². The monoisotopic (exact) mass is 273 g/mol. The van der Waals surface area contributed by atoms with Gasteiger partial charge in [-0.25, -0.2) is 0 Å². The molecule has 0 aliphatic rings. The van der Waals surface area contributed by atoms with Crippen molar-refractivity contribution in [1.82, 2.24) is 5.32 Å². The van der Waals surface area contributed by atoms with Crippen LogP contribution in [0.2, 0.25) is 0 Å². The van der Waals surface area contributed by atoms with E-state index in [1.807, 2.05) is 0 Å². The summed E-state index contributed by atoms with van der Waals surface area (Å²) in [4.78, 5) is 1.34. The number of halogens is 1. The first kappa shape index (κ1) is 12.1. The average Bonchev–Trinajstić information content (AvgIpc) is 2.17. The molecule has 0 amide bonds. The SMILES string of the molecule is CCNC(C)c1ccc(Br)cc1SC. The highest BCUT2D eigenvalue weighted by molar-refractivity contribution is 9.10. The fraction of sp³-hybridized carbons (Fsp3) is 0.455. The predicted octanol–water partition coefficient (Wildman–Crippen LogP) is 3.84. The number of hydrogen-bond donors (Lipinski definition) is 1. The van der Waals surface area contributed by atoms with Crippen molar-refractivity contribution >= 4 is 27.7 Å². The summed E-state index contributed by atoms with van der Waals surface area (Å²) in [6, 6.07) is 6.88. The predicted molar refractivity (Wildman–Crippen MR) is 68.0 cm³/mol. The maximum absolute atomic E-state index is 3.49. The van der Waals surface area contributed by atoms with E-state index in [9.17, 15) is 0 Å². The van der Waals surface area contributed by atoms with E-state index in [1.54, 1.807) is 11.8 Å². The summed E-state index contributed by atoms with van der Waals surface area (Å²) < 4.78 is 1.15. The van der Waals surface area contributed by atoms with Crippen molar-refractivity contribution in [1.29, 1.82) is 0 Å². The molecule has 0 saturated heterocycles. The van der Waals surface area contributed by atoms with Crippen molar-refractivity contribution in [3.63, 3.8) is 0 Å². The Bertz CT molecular complexity index is 301. The zero-order chi connectivity index (χ0) is 10.6. The summed E-state index contributed by atoms with van der Waals surface area (Å²) in [6.45, 7) is 5.34. The van der Waals surface area contributed by atoms with Gasteiger partial charge in [-0.3, -0.25) is 0 Å². The largest absolute Gasteiger partial charge is 0.310 e. The Balaban J connectivity index is 2.95. The molecule has 1 rings (SSSR count). The van der Waals surface area contributed by atoms with Crippen molar-refractivity contribution in [3.8, 4) is 0 Å². The second-order valence-corrected chi connectivity index (χ2v) is 4.93. The van der Waals surface area contributed by atoms with Crippen molar-refractivity contribution < 1.29 is 0 Å². The summed E-state index contributed by atoms with van der Waals surface area (Å²) in [5.74, 6) is 0. The lowest BCUT2D eigenvalue weighted by Crippen LogP contribution is -2.18. The Morgan fingerprint density at radius 2 is 2.21 bits per heavy atom. The molecule has 1 aromatic rings. The molecule has 1 nitrogen and oxygen atoms in total. The van der Waals surface area contributed by atoms with Crippen LogP contribution in [0.25, 0.3) is 0 Å². The van der Waals surface area contributed by atoms with E-state index in [1.165, 1.54) is 10.5 Å². The van der Waals surface area contributed by atoms with Crippen molar-refractivity contribution in [3.05, 3.63) is 28.2 Å². The Hall–Kier alpha value is 0.01000. The summed E-state index contributed by atoms with van der Waals surface area (Å²) in [7, 11) is 0. The maximum Gasteiger partial charge on any atom is 0.0302 e. The molecule has 1 aromatic carbocycles. The Labute approximate surface area is 98.8 Å². The molecule has 0 saturated carbocycles. The van der Waals surface area contributed by atoms with Crippen LogP contribution < -0.4 is 5.32 Å². The first-order chi connectivity index (χ1) is 6.69. The third-order valence-corrected chi connectivity index (χ3v) is 3.46. The van der Waals surface area contributed by atoms with Crippen LogP contribution in [0.15, 0.2) is 27.6 Å². The van der Waals surface area contributed by atoms with Crippen LogP contribution in [-0.2, 0) is 0 Å². The quantitative estimate of drug-likeness (QED) is 0.837. The number of benzene rings is 1. The third kappa shape index (κ3) is 3.01. The Morgan fingerprint density at radius 3 is 2.79 bits per heavy atom. The summed E-state index contributed by atoms with van der Waals surface area (Å²) >= 11 is 5.29. The lowest BCUT2D eigenvalue weighted by Gasteiger charge is -2.16. The van der Waals surface area contributed by atoms with E-state index in [0.717, 1.165) is 11.0 Å². The summed E-state index contributed by atoms with van der Waals surface area (Å²) in [5, 5.41) is 3.43. The van der Waals surface area contributed by atoms with Crippen LogP contribution in [0.5, 0.6) is 0 Å². The molecule has 0 radical (unpaired) electrons. The molecule has 1 N–H and O–H groups in total. The molecule has 0 aliphatic carbocycles. The van der Waals surface area contributed by atoms with Crippen LogP contribution in [0.4, 0.5) is 0 Å². The van der Waals surface area contributed by atoms with Gasteiger partial charge in [0.25, 0.3) is 0 Å². The Morgan fingerprint density at radius 1 is 1.50 bits per heavy atom. The van der Waals surface area contributed by atoms with Crippen molar-refractivity contribution in [2.75, 3.05) is 12.8 Å². The highest BCUT2D eigenvalue weighted by Gasteiger charge is 2.08. The lowest BCUT2D eigenvalue weighted by atomic mass is 10.1. The third-order valence-electron chi connectivity index (χ3n) is 2.17. The van der Waals surface area contributed by atoms with E-state index in [4.69, 9.17) is 0 Å². The van der Waals surface area contributed by atoms with Crippen LogP contribution in [0.1, 0.15) is 25.5 Å². The minimum Gasteiger partial charge on any atom is -0.310 e. The molecule has 0 fully saturated rings. The summed E-state index contributed by atoms with van der Waals surface area (Å²) in [5.41, 5.74) is 1.38. The minimum atomic E-state index is 0.426. The normalized spacial score (nSPS) is 12.9. The van der Waals surface area contributed by atoms with Gasteiger partial charge in [-0.15, -0.1) is 11.8 Å². The van der Waals surface area contributed by atoms with E-state index in [2.05, 4.69) is 59.5 Å². The van der Waals surface area contributed by atoms with Gasteiger partial charge in [-0.05, 0) is 37.4 Å². The van der Waals surface area contributed by atoms with Gasteiger partial charge in [0.05, 0.1) is 0 Å². The van der Waals surface area contributed by atoms with Gasteiger partial charge in [0, 0.05) is 15.4 Å². The molecule has 0 bridgehead atoms. The molecular formula is C11H16BrNS. The lowest BCUT2D eigenvalue weighted by molar-refractivity contribution is 0.590. The van der Waals surface area contributed by atoms with Crippen molar-refractivity contribution in [2.24, 2.45) is 0 Å². The van der Waals surface area contributed by atoms with E-state index < -0.39 is 0 Å². The van der Waals surface area contributed by atoms with Gasteiger partial charge >= 0.3 is 0 Å². The van der Waals surface area contributed by atoms with Gasteiger partial charge < -0.3 is 5.32 Å². The second kappa shape index (κ2) is 5.79. The molecule has 3 heteroatoms. The number of thioether (sulfide) groups is 1. The minimum absolute atomic E-state index is 0.426. The first-order valence-corrected chi connectivity index (χ1v) is 6.77. The summed E-state index contributed by atoms with van der Waals surface area (Å²) in [6.07, 6.45) is 2.12. The smallest absolute Gasteiger partial charge is 0.0302 e. The number of hydrogen-bond acceptors (Lipinski definition) is 2. The molecule has 1 unspecified atom stereocenters. The zero-order valence-electron chi connectivity index (χ0n) is 8.80. The van der Waals surface area contributed by atoms with Crippen LogP contribution in [0, 0.1) is 0 Å². The molecule has 14 heavy (non-hydrogen) atoms. The zero-order valence-corrected chi connectivity index (χ0v) is 11.2. The highest BCUT2D eigenvalue weighted by Crippen LogP contribution is 2.28. The molecule has 0 spiro atoms. The fourth-order valence-corrected chi connectivity index (χ4v) is 2.70. The van der Waals surface area contributed by atoms with Crippen LogP contribution >= 0.6 is 27.7 Å². The van der Waals surface area contributed by atoms with E-state index in [0.29, 0.717) is 6.04 Å². The van der Waals surface area contributed by atoms with Gasteiger partial charge in [0.15, 0.2) is 0 Å². The molecule has 0 heterocycles. The standard InChI is InChI=1S/C11H16BrNS/c1-4-13-8(2)10-6-5-9(12)7-11(10)14-3/h5-8,13H,4H2,1-3H3. The highest BCUT2D eigenvalue weighted by atomic mass is 79.9. The van der Waals surface area contributed by atoms with Gasteiger partial charge in [-0.2, -0.15) is 0 Å². The maximum atomic E-state index is 3.49. The van der Waals surface area contributed by atoms with E-state index >= 15 is 0 Å². The van der Waals surface area contributed by atoms with Crippen molar-refractivity contribution in [2.45, 2.75) is 24.8 Å². The topological polar surface area (TPSA) is 12.0 Å². The van der Waals surface area contributed by atoms with E-state index in [-0.39, 0.29) is 0 Å². The van der Waals surface area contributed by atoms with Crippen LogP contribution in [0.3, 0.4) is 0 Å². The number of nitrogens with one attached hydrogen (secondary N) is 1. The fourth-order valence-electron chi connectivity index (χ4n) is 1.46. The molecule has 0 aliphatic heterocycles. The molecule has 78 valence electrons. The number of rotatable bonds is 4. The molecule has 0 aromatic heterocycles. The molecular weight excluding hydrogens is 258 g/mol.